The first-order valence-electron chi connectivity index (χ1n) is 3.19. The minimum Gasteiger partial charge on any atom is -0.298 e. The topological polar surface area (TPSA) is 17.1 Å². The molecule has 1 rings (SSSR count). The van der Waals surface area contributed by atoms with Crippen LogP contribution in [0.15, 0.2) is 23.1 Å². The zero-order valence-corrected chi connectivity index (χ0v) is 6.03. The Labute approximate surface area is 69.5 Å². The van der Waals surface area contributed by atoms with Crippen LogP contribution in [0.4, 0.5) is 22.0 Å². The van der Waals surface area contributed by atoms with E-state index in [1.54, 1.807) is 0 Å². The highest BCUT2D eigenvalue weighted by Gasteiger charge is 2.39. The van der Waals surface area contributed by atoms with E-state index in [0.29, 0.717) is 0 Å². The van der Waals surface area contributed by atoms with Crippen LogP contribution in [-0.2, 0) is 4.79 Å². The smallest absolute Gasteiger partial charge is 0.193 e. The second kappa shape index (κ2) is 3.27. The average molecular weight is 198 g/mol. The molecule has 72 valence electrons. The van der Waals surface area contributed by atoms with Gasteiger partial charge in [-0.3, -0.25) is 4.79 Å². The van der Waals surface area contributed by atoms with E-state index in [2.05, 4.69) is 0 Å². The number of hydrogen-bond donors (Lipinski definition) is 0. The maximum absolute atomic E-state index is 12.6. The van der Waals surface area contributed by atoms with Crippen molar-refractivity contribution < 1.29 is 26.7 Å². The molecule has 1 aliphatic rings. The van der Waals surface area contributed by atoms with E-state index in [9.17, 15) is 26.7 Å². The van der Waals surface area contributed by atoms with Crippen molar-refractivity contribution in [1.82, 2.24) is 0 Å². The van der Waals surface area contributed by atoms with Crippen molar-refractivity contribution in [3.8, 4) is 0 Å². The Morgan fingerprint density at radius 1 is 1.00 bits per heavy atom. The van der Waals surface area contributed by atoms with Crippen molar-refractivity contribution in [2.45, 2.75) is 12.3 Å². The van der Waals surface area contributed by atoms with Crippen molar-refractivity contribution in [2.24, 2.45) is 0 Å². The summed E-state index contributed by atoms with van der Waals surface area (Å²) in [6, 6.07) is 0. The molecule has 2 atom stereocenters. The summed E-state index contributed by atoms with van der Waals surface area (Å²) in [6.45, 7) is 0. The van der Waals surface area contributed by atoms with Gasteiger partial charge in [-0.25, -0.2) is 22.0 Å². The van der Waals surface area contributed by atoms with Gasteiger partial charge in [-0.2, -0.15) is 0 Å². The summed E-state index contributed by atoms with van der Waals surface area (Å²) in [5.74, 6) is -6.28. The lowest BCUT2D eigenvalue weighted by atomic mass is 10.00. The van der Waals surface area contributed by atoms with E-state index < -0.39 is 35.4 Å². The fourth-order valence-electron chi connectivity index (χ4n) is 0.877. The molecule has 1 nitrogen and oxygen atoms in total. The fraction of sp³-hybridized carbons (Fsp3) is 0.286. The molecule has 0 spiro atoms. The van der Waals surface area contributed by atoms with Gasteiger partial charge in [0.05, 0.1) is 5.57 Å². The second-order valence-electron chi connectivity index (χ2n) is 2.35. The van der Waals surface area contributed by atoms with Gasteiger partial charge in [0.15, 0.2) is 36.1 Å². The Hall–Kier alpha value is -1.20. The lowest BCUT2D eigenvalue weighted by Crippen LogP contribution is -2.26. The summed E-state index contributed by atoms with van der Waals surface area (Å²) in [5.41, 5.74) is -1.34. The minimum absolute atomic E-state index is 0.376. The third-order valence-corrected chi connectivity index (χ3v) is 1.58. The molecule has 0 bridgehead atoms. The first-order valence-corrected chi connectivity index (χ1v) is 3.19. The van der Waals surface area contributed by atoms with E-state index in [1.165, 1.54) is 0 Å². The van der Waals surface area contributed by atoms with Gasteiger partial charge in [-0.15, -0.1) is 0 Å². The van der Waals surface area contributed by atoms with E-state index >= 15 is 0 Å². The fourth-order valence-corrected chi connectivity index (χ4v) is 0.877. The van der Waals surface area contributed by atoms with E-state index in [-0.39, 0.29) is 6.29 Å². The van der Waals surface area contributed by atoms with Crippen molar-refractivity contribution in [3.05, 3.63) is 23.1 Å². The van der Waals surface area contributed by atoms with Crippen molar-refractivity contribution >= 4 is 6.29 Å². The molecule has 0 aliphatic heterocycles. The van der Waals surface area contributed by atoms with Gasteiger partial charge < -0.3 is 0 Å². The zero-order valence-electron chi connectivity index (χ0n) is 6.03. The molecule has 0 N–H and O–H groups in total. The van der Waals surface area contributed by atoms with Crippen LogP contribution in [0.5, 0.6) is 0 Å². The van der Waals surface area contributed by atoms with Crippen LogP contribution < -0.4 is 0 Å². The first kappa shape index (κ1) is 9.88. The molecule has 2 unspecified atom stereocenters. The second-order valence-corrected chi connectivity index (χ2v) is 2.35. The molecule has 0 heterocycles. The summed E-state index contributed by atoms with van der Waals surface area (Å²) in [4.78, 5) is 9.96. The third-order valence-electron chi connectivity index (χ3n) is 1.58. The number of halogens is 5. The Morgan fingerprint density at radius 2 is 1.54 bits per heavy atom. The van der Waals surface area contributed by atoms with Crippen molar-refractivity contribution in [2.75, 3.05) is 0 Å². The van der Waals surface area contributed by atoms with E-state index in [0.717, 1.165) is 0 Å². The SMILES string of the molecule is O=CC1=C(F)C(F)=C(F)C(F)C1F. The monoisotopic (exact) mass is 198 g/mol. The number of alkyl halides is 2. The third kappa shape index (κ3) is 1.36. The average Bonchev–Trinajstić information content (AvgIpc) is 2.13. The van der Waals surface area contributed by atoms with Crippen LogP contribution >= 0.6 is 0 Å². The molecule has 6 heteroatoms. The molecule has 0 amide bonds. The maximum atomic E-state index is 12.6. The summed E-state index contributed by atoms with van der Waals surface area (Å²) >= 11 is 0. The maximum Gasteiger partial charge on any atom is 0.193 e. The summed E-state index contributed by atoms with van der Waals surface area (Å²) in [5, 5.41) is 0. The molecule has 1 aliphatic carbocycles. The Bertz CT molecular complexity index is 306. The largest absolute Gasteiger partial charge is 0.298 e. The van der Waals surface area contributed by atoms with E-state index in [1.807, 2.05) is 0 Å². The molecule has 13 heavy (non-hydrogen) atoms. The standard InChI is InChI=1S/C7H3F5O/c8-3-2(1-13)4(9)6(11)7(12)5(3)10/h1,3,5H. The number of carbonyl (C=O) groups is 1. The molecule has 0 saturated heterocycles. The van der Waals surface area contributed by atoms with Gasteiger partial charge in [-0.05, 0) is 0 Å². The summed E-state index contributed by atoms with van der Waals surface area (Å²) in [6.07, 6.45) is -6.10. The van der Waals surface area contributed by atoms with Crippen LogP contribution in [0.2, 0.25) is 0 Å². The van der Waals surface area contributed by atoms with Crippen LogP contribution in [-0.4, -0.2) is 18.6 Å². The van der Waals surface area contributed by atoms with Crippen LogP contribution in [0, 0.1) is 0 Å². The molecule has 0 aromatic rings. The highest BCUT2D eigenvalue weighted by molar-refractivity contribution is 5.78. The minimum atomic E-state index is -2.94. The molecule has 0 radical (unpaired) electrons. The lowest BCUT2D eigenvalue weighted by molar-refractivity contribution is -0.105. The Morgan fingerprint density at radius 3 is 2.00 bits per heavy atom. The predicted octanol–water partition coefficient (Wildman–Crippen LogP) is 2.25. The van der Waals surface area contributed by atoms with Crippen LogP contribution in [0.3, 0.4) is 0 Å². The number of hydrogen-bond acceptors (Lipinski definition) is 1. The van der Waals surface area contributed by atoms with Crippen molar-refractivity contribution in [3.63, 3.8) is 0 Å². The molecular formula is C7H3F5O. The summed E-state index contributed by atoms with van der Waals surface area (Å²) in [7, 11) is 0. The van der Waals surface area contributed by atoms with Gasteiger partial charge in [0.1, 0.15) is 0 Å². The predicted molar refractivity (Wildman–Crippen MR) is 33.2 cm³/mol. The Balaban J connectivity index is 3.26. The quantitative estimate of drug-likeness (QED) is 0.466. The normalized spacial score (nSPS) is 29.6. The number of carbonyl (C=O) groups excluding carboxylic acids is 1. The first-order chi connectivity index (χ1) is 6.00. The molecular weight excluding hydrogens is 195 g/mol. The lowest BCUT2D eigenvalue weighted by Gasteiger charge is -2.17. The highest BCUT2D eigenvalue weighted by atomic mass is 19.2. The van der Waals surface area contributed by atoms with Gasteiger partial charge in [0.2, 0.25) is 0 Å². The highest BCUT2D eigenvalue weighted by Crippen LogP contribution is 2.35. The Kier molecular flexibility index (Phi) is 2.49. The zero-order chi connectivity index (χ0) is 10.2. The summed E-state index contributed by atoms with van der Waals surface area (Å²) < 4.78 is 62.1. The van der Waals surface area contributed by atoms with Gasteiger partial charge in [0, 0.05) is 0 Å². The number of rotatable bonds is 1. The molecule has 0 aromatic carbocycles. The van der Waals surface area contributed by atoms with Crippen molar-refractivity contribution in [1.29, 1.82) is 0 Å². The van der Waals surface area contributed by atoms with Gasteiger partial charge >= 0.3 is 0 Å². The van der Waals surface area contributed by atoms with Crippen LogP contribution in [0.25, 0.3) is 0 Å². The van der Waals surface area contributed by atoms with Gasteiger partial charge in [0.25, 0.3) is 0 Å². The van der Waals surface area contributed by atoms with E-state index in [4.69, 9.17) is 0 Å². The molecule has 0 saturated carbocycles. The number of allylic oxidation sites excluding steroid dienone is 4. The van der Waals surface area contributed by atoms with Gasteiger partial charge in [-0.1, -0.05) is 0 Å². The molecule has 0 aromatic heterocycles. The number of aldehydes is 1. The van der Waals surface area contributed by atoms with Crippen LogP contribution in [0.1, 0.15) is 0 Å². The molecule has 0 fully saturated rings.